The van der Waals surface area contributed by atoms with E-state index < -0.39 is 0 Å². The number of halogens is 2. The van der Waals surface area contributed by atoms with Gasteiger partial charge in [-0.3, -0.25) is 0 Å². The Balaban J connectivity index is 1.62. The van der Waals surface area contributed by atoms with Gasteiger partial charge in [-0.1, -0.05) is 42.3 Å². The first kappa shape index (κ1) is 18.4. The highest BCUT2D eigenvalue weighted by molar-refractivity contribution is 6.43. The summed E-state index contributed by atoms with van der Waals surface area (Å²) in [5.74, 6) is 0.886. The molecule has 2 N–H and O–H groups in total. The summed E-state index contributed by atoms with van der Waals surface area (Å²) in [6.07, 6.45) is 3.92. The lowest BCUT2D eigenvalue weighted by atomic mass is 9.80. The first-order valence-corrected chi connectivity index (χ1v) is 9.78. The number of nitrogens with zero attached hydrogens (tertiary/aromatic N) is 4. The number of aromatic nitrogens is 3. The van der Waals surface area contributed by atoms with Crippen molar-refractivity contribution < 1.29 is 0 Å². The highest BCUT2D eigenvalue weighted by Crippen LogP contribution is 2.34. The molecule has 0 atom stereocenters. The van der Waals surface area contributed by atoms with Crippen LogP contribution in [0.25, 0.3) is 22.4 Å². The van der Waals surface area contributed by atoms with Crippen LogP contribution in [-0.4, -0.2) is 34.6 Å². The van der Waals surface area contributed by atoms with Crippen LogP contribution in [0.3, 0.4) is 0 Å². The van der Waals surface area contributed by atoms with Crippen molar-refractivity contribution in [2.75, 3.05) is 24.5 Å². The van der Waals surface area contributed by atoms with Gasteiger partial charge in [-0.15, -0.1) is 0 Å². The second kappa shape index (κ2) is 7.23. The van der Waals surface area contributed by atoms with Gasteiger partial charge in [0.05, 0.1) is 21.9 Å². The van der Waals surface area contributed by atoms with E-state index in [0.717, 1.165) is 55.1 Å². The van der Waals surface area contributed by atoms with E-state index in [9.17, 15) is 0 Å². The summed E-state index contributed by atoms with van der Waals surface area (Å²) in [5, 5.41) is 0.999. The number of piperidine rings is 1. The third-order valence-corrected chi connectivity index (χ3v) is 6.23. The number of rotatable bonds is 3. The SMILES string of the molecule is CC1(CN)CCN(c2cnc3nc(-c4cccc(Cl)c4Cl)ccc3n2)CC1. The molecule has 7 heteroatoms. The zero-order chi connectivity index (χ0) is 19.0. The number of fused-ring (bicyclic) bond motifs is 1. The Hall–Kier alpha value is -1.95. The number of nitrogens with two attached hydrogens (primary N) is 1. The van der Waals surface area contributed by atoms with E-state index in [1.807, 2.05) is 24.3 Å². The standard InChI is InChI=1S/C20H21Cl2N5/c1-20(12-23)7-9-27(10-8-20)17-11-24-19-16(25-17)6-5-15(26-19)13-3-2-4-14(21)18(13)22/h2-6,11H,7-10,12,23H2,1H3. The van der Waals surface area contributed by atoms with Crippen molar-refractivity contribution in [1.29, 1.82) is 0 Å². The lowest BCUT2D eigenvalue weighted by Gasteiger charge is -2.39. The average molecular weight is 402 g/mol. The summed E-state index contributed by atoms with van der Waals surface area (Å²) >= 11 is 12.4. The molecule has 3 heterocycles. The number of pyridine rings is 1. The fourth-order valence-electron chi connectivity index (χ4n) is 3.38. The van der Waals surface area contributed by atoms with Gasteiger partial charge in [-0.25, -0.2) is 15.0 Å². The summed E-state index contributed by atoms with van der Waals surface area (Å²) in [4.78, 5) is 16.2. The van der Waals surface area contributed by atoms with Gasteiger partial charge in [0, 0.05) is 18.7 Å². The van der Waals surface area contributed by atoms with Gasteiger partial charge < -0.3 is 10.6 Å². The van der Waals surface area contributed by atoms with E-state index in [1.54, 1.807) is 12.3 Å². The minimum atomic E-state index is 0.230. The number of hydrogen-bond acceptors (Lipinski definition) is 5. The lowest BCUT2D eigenvalue weighted by molar-refractivity contribution is 0.258. The Labute approximate surface area is 168 Å². The second-order valence-electron chi connectivity index (χ2n) is 7.37. The van der Waals surface area contributed by atoms with Crippen LogP contribution in [0, 0.1) is 5.41 Å². The van der Waals surface area contributed by atoms with Crippen LogP contribution in [0.5, 0.6) is 0 Å². The van der Waals surface area contributed by atoms with Gasteiger partial charge in [0.1, 0.15) is 11.3 Å². The van der Waals surface area contributed by atoms with Crippen molar-refractivity contribution >= 4 is 40.2 Å². The van der Waals surface area contributed by atoms with Gasteiger partial charge in [0.25, 0.3) is 0 Å². The van der Waals surface area contributed by atoms with Crippen molar-refractivity contribution in [3.8, 4) is 11.3 Å². The molecule has 140 valence electrons. The Kier molecular flexibility index (Phi) is 4.93. The molecule has 1 saturated heterocycles. The second-order valence-corrected chi connectivity index (χ2v) is 8.16. The summed E-state index contributed by atoms with van der Waals surface area (Å²) in [7, 11) is 0. The maximum absolute atomic E-state index is 6.32. The first-order chi connectivity index (χ1) is 13.0. The molecule has 1 aliphatic rings. The van der Waals surface area contributed by atoms with E-state index in [-0.39, 0.29) is 5.41 Å². The quantitative estimate of drug-likeness (QED) is 0.696. The van der Waals surface area contributed by atoms with Crippen LogP contribution in [0.4, 0.5) is 5.82 Å². The molecule has 0 unspecified atom stereocenters. The predicted molar refractivity (Wildman–Crippen MR) is 111 cm³/mol. The Morgan fingerprint density at radius 3 is 2.63 bits per heavy atom. The van der Waals surface area contributed by atoms with Crippen LogP contribution >= 0.6 is 23.2 Å². The molecule has 0 amide bonds. The maximum atomic E-state index is 6.32. The Morgan fingerprint density at radius 2 is 1.89 bits per heavy atom. The largest absolute Gasteiger partial charge is 0.355 e. The lowest BCUT2D eigenvalue weighted by Crippen LogP contribution is -2.42. The van der Waals surface area contributed by atoms with E-state index in [1.165, 1.54) is 0 Å². The molecule has 0 radical (unpaired) electrons. The summed E-state index contributed by atoms with van der Waals surface area (Å²) in [6, 6.07) is 9.34. The number of anilines is 1. The first-order valence-electron chi connectivity index (χ1n) is 9.02. The summed E-state index contributed by atoms with van der Waals surface area (Å²) in [6.45, 7) is 4.86. The fraction of sp³-hybridized carbons (Fsp3) is 0.350. The van der Waals surface area contributed by atoms with Crippen LogP contribution in [0.2, 0.25) is 10.0 Å². The molecule has 4 rings (SSSR count). The third kappa shape index (κ3) is 3.59. The van der Waals surface area contributed by atoms with E-state index in [0.29, 0.717) is 15.7 Å². The number of benzene rings is 1. The van der Waals surface area contributed by atoms with Crippen LogP contribution in [0.1, 0.15) is 19.8 Å². The predicted octanol–water partition coefficient (Wildman–Crippen LogP) is 4.56. The molecule has 2 aromatic heterocycles. The number of hydrogen-bond donors (Lipinski definition) is 1. The van der Waals surface area contributed by atoms with Crippen molar-refractivity contribution in [3.05, 3.63) is 46.6 Å². The summed E-state index contributed by atoms with van der Waals surface area (Å²) < 4.78 is 0. The fourth-order valence-corrected chi connectivity index (χ4v) is 3.78. The maximum Gasteiger partial charge on any atom is 0.178 e. The van der Waals surface area contributed by atoms with Crippen molar-refractivity contribution in [3.63, 3.8) is 0 Å². The van der Waals surface area contributed by atoms with Gasteiger partial charge in [0.15, 0.2) is 5.65 Å². The molecular weight excluding hydrogens is 381 g/mol. The smallest absolute Gasteiger partial charge is 0.178 e. The molecule has 5 nitrogen and oxygen atoms in total. The third-order valence-electron chi connectivity index (χ3n) is 5.41. The average Bonchev–Trinajstić information content (AvgIpc) is 2.70. The van der Waals surface area contributed by atoms with E-state index in [2.05, 4.69) is 21.8 Å². The summed E-state index contributed by atoms with van der Waals surface area (Å²) in [5.41, 5.74) is 9.01. The van der Waals surface area contributed by atoms with Crippen LogP contribution in [-0.2, 0) is 0 Å². The topological polar surface area (TPSA) is 67.9 Å². The molecule has 1 aliphatic heterocycles. The Morgan fingerprint density at radius 1 is 1.11 bits per heavy atom. The van der Waals surface area contributed by atoms with Crippen LogP contribution < -0.4 is 10.6 Å². The molecule has 0 spiro atoms. The van der Waals surface area contributed by atoms with Crippen LogP contribution in [0.15, 0.2) is 36.5 Å². The van der Waals surface area contributed by atoms with Crippen molar-refractivity contribution in [2.24, 2.45) is 11.1 Å². The molecule has 0 saturated carbocycles. The highest BCUT2D eigenvalue weighted by Gasteiger charge is 2.29. The zero-order valence-corrected chi connectivity index (χ0v) is 16.6. The molecule has 1 fully saturated rings. The minimum absolute atomic E-state index is 0.230. The highest BCUT2D eigenvalue weighted by atomic mass is 35.5. The van der Waals surface area contributed by atoms with Gasteiger partial charge in [-0.05, 0) is 43.0 Å². The molecule has 1 aromatic carbocycles. The molecule has 3 aromatic rings. The molecular formula is C20H21Cl2N5. The zero-order valence-electron chi connectivity index (χ0n) is 15.1. The molecule has 0 bridgehead atoms. The van der Waals surface area contributed by atoms with E-state index in [4.69, 9.17) is 33.9 Å². The Bertz CT molecular complexity index is 983. The normalized spacial score (nSPS) is 16.7. The minimum Gasteiger partial charge on any atom is -0.355 e. The van der Waals surface area contributed by atoms with Crippen molar-refractivity contribution in [1.82, 2.24) is 15.0 Å². The monoisotopic (exact) mass is 401 g/mol. The van der Waals surface area contributed by atoms with Gasteiger partial charge >= 0.3 is 0 Å². The van der Waals surface area contributed by atoms with Gasteiger partial charge in [0.2, 0.25) is 0 Å². The van der Waals surface area contributed by atoms with Gasteiger partial charge in [-0.2, -0.15) is 0 Å². The molecule has 27 heavy (non-hydrogen) atoms. The molecule has 0 aliphatic carbocycles. The van der Waals surface area contributed by atoms with Crippen molar-refractivity contribution in [2.45, 2.75) is 19.8 Å². The van der Waals surface area contributed by atoms with E-state index >= 15 is 0 Å².